The third kappa shape index (κ3) is 0.920. The van der Waals surface area contributed by atoms with Gasteiger partial charge in [-0.15, -0.1) is 0 Å². The summed E-state index contributed by atoms with van der Waals surface area (Å²) in [7, 11) is 0. The van der Waals surface area contributed by atoms with Crippen LogP contribution >= 0.6 is 0 Å². The van der Waals surface area contributed by atoms with Crippen LogP contribution in [0, 0.1) is 0 Å². The molecule has 3 heteroatoms. The normalized spacial score (nSPS) is 28.7. The van der Waals surface area contributed by atoms with E-state index in [0.29, 0.717) is 6.54 Å². The fraction of sp³-hybridized carbons (Fsp3) is 0.833. The molecule has 9 heavy (non-hydrogen) atoms. The van der Waals surface area contributed by atoms with Crippen molar-refractivity contribution in [2.75, 3.05) is 13.2 Å². The lowest BCUT2D eigenvalue weighted by Crippen LogP contribution is -2.23. The topological polar surface area (TPSA) is 32.3 Å². The zero-order valence-corrected chi connectivity index (χ0v) is 5.26. The van der Waals surface area contributed by atoms with Crippen molar-refractivity contribution in [1.82, 2.24) is 10.2 Å². The van der Waals surface area contributed by atoms with E-state index in [1.165, 1.54) is 12.8 Å². The van der Waals surface area contributed by atoms with E-state index in [9.17, 15) is 4.79 Å². The minimum absolute atomic E-state index is 0.182. The van der Waals surface area contributed by atoms with Crippen LogP contribution in [0.5, 0.6) is 0 Å². The van der Waals surface area contributed by atoms with Gasteiger partial charge in [0, 0.05) is 6.04 Å². The summed E-state index contributed by atoms with van der Waals surface area (Å²) >= 11 is 0. The van der Waals surface area contributed by atoms with E-state index in [4.69, 9.17) is 0 Å². The van der Waals surface area contributed by atoms with Gasteiger partial charge in [-0.3, -0.25) is 9.69 Å². The molecule has 2 fully saturated rings. The molecule has 1 aliphatic heterocycles. The Morgan fingerprint density at radius 2 is 2.33 bits per heavy atom. The van der Waals surface area contributed by atoms with Crippen LogP contribution in [-0.4, -0.2) is 30.1 Å². The summed E-state index contributed by atoms with van der Waals surface area (Å²) in [5.74, 6) is 0.182. The average molecular weight is 126 g/mol. The first-order chi connectivity index (χ1) is 4.36. The number of hydrogen-bond donors (Lipinski definition) is 1. The van der Waals surface area contributed by atoms with Gasteiger partial charge in [0.05, 0.1) is 13.2 Å². The smallest absolute Gasteiger partial charge is 0.235 e. The van der Waals surface area contributed by atoms with Crippen LogP contribution in [0.2, 0.25) is 0 Å². The third-order valence-electron chi connectivity index (χ3n) is 1.89. The molecule has 0 aromatic rings. The Morgan fingerprint density at radius 3 is 2.78 bits per heavy atom. The number of nitrogens with zero attached hydrogens (tertiary/aromatic N) is 1. The van der Waals surface area contributed by atoms with Crippen molar-refractivity contribution in [2.24, 2.45) is 0 Å². The molecule has 0 radical (unpaired) electrons. The first kappa shape index (κ1) is 5.23. The Kier molecular flexibility index (Phi) is 0.990. The predicted molar refractivity (Wildman–Crippen MR) is 32.7 cm³/mol. The van der Waals surface area contributed by atoms with Crippen molar-refractivity contribution < 1.29 is 4.79 Å². The molecule has 1 saturated heterocycles. The maximum Gasteiger partial charge on any atom is 0.235 e. The second-order valence-electron chi connectivity index (χ2n) is 2.74. The van der Waals surface area contributed by atoms with Gasteiger partial charge in [-0.2, -0.15) is 0 Å². The lowest BCUT2D eigenvalue weighted by molar-refractivity contribution is -0.118. The van der Waals surface area contributed by atoms with Crippen LogP contribution in [0.25, 0.3) is 0 Å². The Morgan fingerprint density at radius 1 is 1.56 bits per heavy atom. The van der Waals surface area contributed by atoms with E-state index >= 15 is 0 Å². The van der Waals surface area contributed by atoms with Gasteiger partial charge in [0.25, 0.3) is 0 Å². The molecule has 1 aliphatic carbocycles. The molecule has 1 N–H and O–H groups in total. The fourth-order valence-corrected chi connectivity index (χ4v) is 1.18. The second-order valence-corrected chi connectivity index (χ2v) is 2.74. The molecule has 1 amide bonds. The average Bonchev–Trinajstić information content (AvgIpc) is 2.58. The van der Waals surface area contributed by atoms with Crippen LogP contribution in [0.15, 0.2) is 0 Å². The molecule has 50 valence electrons. The Hall–Kier alpha value is -0.570. The molecule has 1 heterocycles. The number of nitrogens with one attached hydrogen (secondary N) is 1. The maximum absolute atomic E-state index is 10.6. The molecule has 0 unspecified atom stereocenters. The van der Waals surface area contributed by atoms with Gasteiger partial charge in [0.2, 0.25) is 5.91 Å². The molecule has 2 rings (SSSR count). The van der Waals surface area contributed by atoms with Gasteiger partial charge in [0.15, 0.2) is 0 Å². The summed E-state index contributed by atoms with van der Waals surface area (Å²) in [5.41, 5.74) is 0. The van der Waals surface area contributed by atoms with Gasteiger partial charge in [-0.1, -0.05) is 0 Å². The Labute approximate surface area is 54.0 Å². The SMILES string of the molecule is O=C1CN(C2CC2)CN1. The van der Waals surface area contributed by atoms with Crippen LogP contribution in [0.3, 0.4) is 0 Å². The predicted octanol–water partition coefficient (Wildman–Crippen LogP) is -0.462. The van der Waals surface area contributed by atoms with Crippen LogP contribution in [0.4, 0.5) is 0 Å². The minimum atomic E-state index is 0.182. The summed E-state index contributed by atoms with van der Waals surface area (Å²) in [6.45, 7) is 1.41. The van der Waals surface area contributed by atoms with E-state index < -0.39 is 0 Å². The summed E-state index contributed by atoms with van der Waals surface area (Å²) in [4.78, 5) is 12.8. The zero-order valence-electron chi connectivity index (χ0n) is 5.26. The molecule has 0 bridgehead atoms. The molecule has 2 aliphatic rings. The van der Waals surface area contributed by atoms with E-state index in [1.807, 2.05) is 0 Å². The quantitative estimate of drug-likeness (QED) is 0.515. The Balaban J connectivity index is 1.92. The molecule has 0 aromatic heterocycles. The fourth-order valence-electron chi connectivity index (χ4n) is 1.18. The van der Waals surface area contributed by atoms with Crippen LogP contribution < -0.4 is 5.32 Å². The maximum atomic E-state index is 10.6. The van der Waals surface area contributed by atoms with Gasteiger partial charge in [-0.05, 0) is 12.8 Å². The molecule has 0 atom stereocenters. The number of rotatable bonds is 1. The minimum Gasteiger partial charge on any atom is -0.342 e. The summed E-state index contributed by atoms with van der Waals surface area (Å²) in [6, 6.07) is 0.726. The van der Waals surface area contributed by atoms with Gasteiger partial charge >= 0.3 is 0 Å². The van der Waals surface area contributed by atoms with Crippen molar-refractivity contribution in [3.8, 4) is 0 Å². The van der Waals surface area contributed by atoms with Gasteiger partial charge in [-0.25, -0.2) is 0 Å². The van der Waals surface area contributed by atoms with Gasteiger partial charge in [0.1, 0.15) is 0 Å². The summed E-state index contributed by atoms with van der Waals surface area (Å²) in [6.07, 6.45) is 2.57. The van der Waals surface area contributed by atoms with Crippen molar-refractivity contribution >= 4 is 5.91 Å². The Bertz CT molecular complexity index is 142. The lowest BCUT2D eigenvalue weighted by atomic mass is 10.5. The van der Waals surface area contributed by atoms with E-state index in [2.05, 4.69) is 10.2 Å². The van der Waals surface area contributed by atoms with Crippen molar-refractivity contribution in [3.63, 3.8) is 0 Å². The second kappa shape index (κ2) is 1.70. The van der Waals surface area contributed by atoms with Crippen molar-refractivity contribution in [3.05, 3.63) is 0 Å². The molecular formula is C6H10N2O. The third-order valence-corrected chi connectivity index (χ3v) is 1.89. The van der Waals surface area contributed by atoms with Crippen LogP contribution in [-0.2, 0) is 4.79 Å². The highest BCUT2D eigenvalue weighted by atomic mass is 16.2. The highest BCUT2D eigenvalue weighted by Crippen LogP contribution is 2.26. The first-order valence-electron chi connectivity index (χ1n) is 3.37. The highest BCUT2D eigenvalue weighted by Gasteiger charge is 2.33. The standard InChI is InChI=1S/C6H10N2O/c9-6-3-8(4-7-6)5-1-2-5/h5H,1-4H2,(H,7,9). The van der Waals surface area contributed by atoms with E-state index in [0.717, 1.165) is 12.7 Å². The number of carbonyl (C=O) groups excluding carboxylic acids is 1. The van der Waals surface area contributed by atoms with Crippen molar-refractivity contribution in [2.45, 2.75) is 18.9 Å². The van der Waals surface area contributed by atoms with E-state index in [-0.39, 0.29) is 5.91 Å². The molecule has 1 saturated carbocycles. The zero-order chi connectivity index (χ0) is 6.27. The lowest BCUT2D eigenvalue weighted by Gasteiger charge is -2.08. The number of carbonyl (C=O) groups is 1. The monoisotopic (exact) mass is 126 g/mol. The highest BCUT2D eigenvalue weighted by molar-refractivity contribution is 5.79. The van der Waals surface area contributed by atoms with Crippen molar-refractivity contribution in [1.29, 1.82) is 0 Å². The molecule has 0 aromatic carbocycles. The van der Waals surface area contributed by atoms with E-state index in [1.54, 1.807) is 0 Å². The molecular weight excluding hydrogens is 116 g/mol. The largest absolute Gasteiger partial charge is 0.342 e. The molecule has 3 nitrogen and oxygen atoms in total. The number of hydrogen-bond acceptors (Lipinski definition) is 2. The van der Waals surface area contributed by atoms with Crippen LogP contribution in [0.1, 0.15) is 12.8 Å². The summed E-state index contributed by atoms with van der Waals surface area (Å²) in [5, 5.41) is 2.78. The first-order valence-corrected chi connectivity index (χ1v) is 3.37. The number of amides is 1. The summed E-state index contributed by atoms with van der Waals surface area (Å²) < 4.78 is 0. The molecule has 0 spiro atoms. The van der Waals surface area contributed by atoms with Gasteiger partial charge < -0.3 is 5.32 Å².